The monoisotopic (exact) mass is 252 g/mol. The van der Waals surface area contributed by atoms with Gasteiger partial charge < -0.3 is 9.64 Å². The van der Waals surface area contributed by atoms with Gasteiger partial charge in [-0.05, 0) is 12.8 Å². The third kappa shape index (κ3) is 2.29. The maximum Gasteiger partial charge on any atom is 0.273 e. The number of thiazole rings is 1. The molecule has 2 aliphatic rings. The second kappa shape index (κ2) is 4.64. The summed E-state index contributed by atoms with van der Waals surface area (Å²) in [5, 5.41) is 2.61. The molecule has 92 valence electrons. The first-order chi connectivity index (χ1) is 8.33. The van der Waals surface area contributed by atoms with E-state index in [1.807, 2.05) is 10.3 Å². The van der Waals surface area contributed by atoms with Crippen LogP contribution in [0.3, 0.4) is 0 Å². The largest absolute Gasteiger partial charge is 0.463 e. The summed E-state index contributed by atoms with van der Waals surface area (Å²) in [6.45, 7) is 1.46. The van der Waals surface area contributed by atoms with Gasteiger partial charge in [0.25, 0.3) is 5.19 Å². The van der Waals surface area contributed by atoms with Gasteiger partial charge in [-0.1, -0.05) is 24.2 Å². The lowest BCUT2D eigenvalue weighted by molar-refractivity contribution is -0.144. The minimum atomic E-state index is 0.145. The average molecular weight is 252 g/mol. The topological polar surface area (TPSA) is 42.4 Å². The number of aromatic nitrogens is 1. The van der Waals surface area contributed by atoms with Gasteiger partial charge in [-0.15, -0.1) is 0 Å². The Morgan fingerprint density at radius 1 is 1.41 bits per heavy atom. The Hall–Kier alpha value is -1.10. The highest BCUT2D eigenvalue weighted by atomic mass is 32.1. The van der Waals surface area contributed by atoms with Crippen molar-refractivity contribution in [3.05, 3.63) is 11.6 Å². The van der Waals surface area contributed by atoms with Crippen LogP contribution in [0.5, 0.6) is 5.19 Å². The van der Waals surface area contributed by atoms with Crippen LogP contribution in [0, 0.1) is 5.92 Å². The molecule has 0 atom stereocenters. The quantitative estimate of drug-likeness (QED) is 0.825. The number of carbonyl (C=O) groups excluding carboxylic acids is 1. The maximum absolute atomic E-state index is 12.0. The normalized spacial score (nSPS) is 21.5. The molecule has 0 aromatic carbocycles. The number of nitrogens with zero attached hydrogens (tertiary/aromatic N) is 2. The lowest BCUT2D eigenvalue weighted by atomic mass is 10.0. The summed E-state index contributed by atoms with van der Waals surface area (Å²) in [7, 11) is 0. The van der Waals surface area contributed by atoms with Crippen molar-refractivity contribution in [1.29, 1.82) is 0 Å². The third-order valence-electron chi connectivity index (χ3n) is 3.54. The van der Waals surface area contributed by atoms with E-state index in [4.69, 9.17) is 4.74 Å². The van der Waals surface area contributed by atoms with Crippen LogP contribution >= 0.6 is 11.3 Å². The molecule has 0 N–H and O–H groups in total. The fourth-order valence-electron chi connectivity index (χ4n) is 2.53. The molecule has 17 heavy (non-hydrogen) atoms. The highest BCUT2D eigenvalue weighted by Gasteiger charge is 2.36. The molecular formula is C12H16N2O2S. The van der Waals surface area contributed by atoms with Crippen LogP contribution in [-0.2, 0) is 4.79 Å². The summed E-state index contributed by atoms with van der Waals surface area (Å²) in [5.41, 5.74) is 0. The Balaban J connectivity index is 1.46. The molecular weight excluding hydrogens is 236 g/mol. The van der Waals surface area contributed by atoms with Crippen molar-refractivity contribution in [3.8, 4) is 5.19 Å². The molecule has 1 saturated carbocycles. The Kier molecular flexibility index (Phi) is 3.01. The fourth-order valence-corrected chi connectivity index (χ4v) is 3.09. The molecule has 1 aromatic heterocycles. The van der Waals surface area contributed by atoms with E-state index in [-0.39, 0.29) is 12.0 Å². The number of amides is 1. The third-order valence-corrected chi connectivity index (χ3v) is 4.20. The van der Waals surface area contributed by atoms with E-state index >= 15 is 0 Å². The van der Waals surface area contributed by atoms with E-state index in [0.29, 0.717) is 11.1 Å². The predicted molar refractivity (Wildman–Crippen MR) is 65.1 cm³/mol. The summed E-state index contributed by atoms with van der Waals surface area (Å²) >= 11 is 1.50. The van der Waals surface area contributed by atoms with Crippen molar-refractivity contribution < 1.29 is 9.53 Å². The predicted octanol–water partition coefficient (Wildman–Crippen LogP) is 1.92. The van der Waals surface area contributed by atoms with E-state index in [0.717, 1.165) is 25.9 Å². The van der Waals surface area contributed by atoms with E-state index in [1.54, 1.807) is 6.20 Å². The van der Waals surface area contributed by atoms with Crippen LogP contribution < -0.4 is 4.74 Å². The molecule has 0 bridgehead atoms. The minimum absolute atomic E-state index is 0.145. The molecule has 4 nitrogen and oxygen atoms in total. The number of likely N-dealkylation sites (tertiary alicyclic amines) is 1. The number of rotatable bonds is 3. The van der Waals surface area contributed by atoms with E-state index in [9.17, 15) is 4.79 Å². The molecule has 1 saturated heterocycles. The summed E-state index contributed by atoms with van der Waals surface area (Å²) < 4.78 is 5.65. The SMILES string of the molecule is O=C(C1CCCC1)N1CC(Oc2nccs2)C1. The Labute approximate surface area is 105 Å². The molecule has 0 radical (unpaired) electrons. The van der Waals surface area contributed by atoms with Crippen molar-refractivity contribution in [2.45, 2.75) is 31.8 Å². The molecule has 2 heterocycles. The molecule has 1 aromatic rings. The average Bonchev–Trinajstić information content (AvgIpc) is 2.94. The number of hydrogen-bond donors (Lipinski definition) is 0. The first-order valence-electron chi connectivity index (χ1n) is 6.18. The molecule has 5 heteroatoms. The van der Waals surface area contributed by atoms with Crippen LogP contribution in [0.2, 0.25) is 0 Å². The van der Waals surface area contributed by atoms with Crippen molar-refractivity contribution in [3.63, 3.8) is 0 Å². The van der Waals surface area contributed by atoms with Gasteiger partial charge in [-0.2, -0.15) is 0 Å². The fraction of sp³-hybridized carbons (Fsp3) is 0.667. The van der Waals surface area contributed by atoms with Crippen molar-refractivity contribution in [2.24, 2.45) is 5.92 Å². The molecule has 0 spiro atoms. The van der Waals surface area contributed by atoms with Crippen LogP contribution in [0.15, 0.2) is 11.6 Å². The van der Waals surface area contributed by atoms with E-state index < -0.39 is 0 Å². The molecule has 1 amide bonds. The van der Waals surface area contributed by atoms with Gasteiger partial charge in [0, 0.05) is 17.5 Å². The Morgan fingerprint density at radius 2 is 2.18 bits per heavy atom. The molecule has 1 aliphatic heterocycles. The first-order valence-corrected chi connectivity index (χ1v) is 7.06. The Morgan fingerprint density at radius 3 is 2.82 bits per heavy atom. The number of hydrogen-bond acceptors (Lipinski definition) is 4. The van der Waals surface area contributed by atoms with Crippen molar-refractivity contribution >= 4 is 17.2 Å². The van der Waals surface area contributed by atoms with E-state index in [2.05, 4.69) is 4.98 Å². The molecule has 1 aliphatic carbocycles. The summed E-state index contributed by atoms with van der Waals surface area (Å²) in [6.07, 6.45) is 6.46. The van der Waals surface area contributed by atoms with Gasteiger partial charge >= 0.3 is 0 Å². The number of ether oxygens (including phenoxy) is 1. The smallest absolute Gasteiger partial charge is 0.273 e. The molecule has 2 fully saturated rings. The zero-order valence-electron chi connectivity index (χ0n) is 9.67. The van der Waals surface area contributed by atoms with Crippen LogP contribution in [0.25, 0.3) is 0 Å². The number of carbonyl (C=O) groups is 1. The second-order valence-corrected chi connectivity index (χ2v) is 5.62. The van der Waals surface area contributed by atoms with Gasteiger partial charge in [0.05, 0.1) is 13.1 Å². The summed E-state index contributed by atoms with van der Waals surface area (Å²) in [5.74, 6) is 0.623. The zero-order chi connectivity index (χ0) is 11.7. The van der Waals surface area contributed by atoms with Gasteiger partial charge in [0.15, 0.2) is 0 Å². The van der Waals surface area contributed by atoms with Gasteiger partial charge in [-0.25, -0.2) is 4.98 Å². The lowest BCUT2D eigenvalue weighted by Gasteiger charge is -2.39. The van der Waals surface area contributed by atoms with Gasteiger partial charge in [0.1, 0.15) is 6.10 Å². The first kappa shape index (κ1) is 11.0. The molecule has 3 rings (SSSR count). The summed E-state index contributed by atoms with van der Waals surface area (Å²) in [6, 6.07) is 0. The van der Waals surface area contributed by atoms with Crippen LogP contribution in [-0.4, -0.2) is 35.0 Å². The Bertz CT molecular complexity index is 381. The maximum atomic E-state index is 12.0. The lowest BCUT2D eigenvalue weighted by Crippen LogP contribution is -2.57. The van der Waals surface area contributed by atoms with E-state index in [1.165, 1.54) is 24.2 Å². The molecule has 0 unspecified atom stereocenters. The summed E-state index contributed by atoms with van der Waals surface area (Å²) in [4.78, 5) is 18.0. The van der Waals surface area contributed by atoms with Gasteiger partial charge in [0.2, 0.25) is 5.91 Å². The highest BCUT2D eigenvalue weighted by Crippen LogP contribution is 2.29. The highest BCUT2D eigenvalue weighted by molar-refractivity contribution is 7.11. The second-order valence-electron chi connectivity index (χ2n) is 4.76. The van der Waals surface area contributed by atoms with Crippen LogP contribution in [0.4, 0.5) is 0 Å². The van der Waals surface area contributed by atoms with Crippen molar-refractivity contribution in [2.75, 3.05) is 13.1 Å². The van der Waals surface area contributed by atoms with Crippen molar-refractivity contribution in [1.82, 2.24) is 9.88 Å². The standard InChI is InChI=1S/C12H16N2O2S/c15-11(9-3-1-2-4-9)14-7-10(8-14)16-12-13-5-6-17-12/h5-6,9-10H,1-4,7-8H2. The zero-order valence-corrected chi connectivity index (χ0v) is 10.5. The minimum Gasteiger partial charge on any atom is -0.463 e. The van der Waals surface area contributed by atoms with Crippen LogP contribution in [0.1, 0.15) is 25.7 Å². The van der Waals surface area contributed by atoms with Gasteiger partial charge in [-0.3, -0.25) is 4.79 Å².